The molecule has 0 N–H and O–H groups in total. The van der Waals surface area contributed by atoms with Gasteiger partial charge in [0.05, 0.1) is 0 Å². The van der Waals surface area contributed by atoms with Gasteiger partial charge in [0, 0.05) is 6.61 Å². The first kappa shape index (κ1) is 9.92. The predicted octanol–water partition coefficient (Wildman–Crippen LogP) is 2.20. The molecule has 0 aromatic rings. The van der Waals surface area contributed by atoms with Crippen LogP contribution in [0.4, 0.5) is 0 Å². The summed E-state index contributed by atoms with van der Waals surface area (Å²) in [7, 11) is 0.560. The van der Waals surface area contributed by atoms with Crippen LogP contribution in [0.25, 0.3) is 0 Å². The van der Waals surface area contributed by atoms with Crippen molar-refractivity contribution in [3.63, 3.8) is 0 Å². The molecule has 0 unspecified atom stereocenters. The third kappa shape index (κ3) is 6.04. The summed E-state index contributed by atoms with van der Waals surface area (Å²) in [6.07, 6.45) is 2.10. The Labute approximate surface area is 66.4 Å². The van der Waals surface area contributed by atoms with Crippen molar-refractivity contribution in [2.24, 2.45) is 5.92 Å². The Kier molecular flexibility index (Phi) is 5.64. The first-order valence-electron chi connectivity index (χ1n) is 3.67. The quantitative estimate of drug-likeness (QED) is 0.567. The molecule has 1 nitrogen and oxygen atoms in total. The zero-order chi connectivity index (χ0) is 7.98. The first-order valence-corrected chi connectivity index (χ1v) is 4.58. The molecule has 0 rings (SSSR count). The zero-order valence-corrected chi connectivity index (χ0v) is 8.27. The van der Waals surface area contributed by atoms with Gasteiger partial charge in [-0.05, 0) is 19.8 Å². The van der Waals surface area contributed by atoms with Crippen molar-refractivity contribution in [3.05, 3.63) is 11.3 Å². The second-order valence-corrected chi connectivity index (χ2v) is 4.06. The summed E-state index contributed by atoms with van der Waals surface area (Å²) in [6.45, 7) is 9.34. The molecule has 0 saturated heterocycles. The molecular weight excluding hydrogens is 140 g/mol. The Bertz CT molecular complexity index is 108. The summed E-state index contributed by atoms with van der Waals surface area (Å²) in [6, 6.07) is 0. The van der Waals surface area contributed by atoms with Crippen LogP contribution in [0.15, 0.2) is 11.3 Å². The summed E-state index contributed by atoms with van der Waals surface area (Å²) < 4.78 is 5.41. The van der Waals surface area contributed by atoms with Crippen LogP contribution in [0.5, 0.6) is 0 Å². The van der Waals surface area contributed by atoms with Crippen molar-refractivity contribution in [2.75, 3.05) is 6.61 Å². The molecule has 0 aromatic carbocycles. The lowest BCUT2D eigenvalue weighted by molar-refractivity contribution is 0.287. The predicted molar refractivity (Wildman–Crippen MR) is 46.0 cm³/mol. The summed E-state index contributed by atoms with van der Waals surface area (Å²) in [4.78, 5) is 0. The lowest BCUT2D eigenvalue weighted by atomic mass is 10.2. The van der Waals surface area contributed by atoms with Crippen molar-refractivity contribution in [1.29, 1.82) is 0 Å². The topological polar surface area (TPSA) is 9.23 Å². The van der Waals surface area contributed by atoms with Gasteiger partial charge >= 0.3 is 0 Å². The molecular formula is C8H16OSi. The highest BCUT2D eigenvalue weighted by molar-refractivity contribution is 6.37. The van der Waals surface area contributed by atoms with Gasteiger partial charge in [-0.15, -0.1) is 0 Å². The molecule has 0 bridgehead atoms. The van der Waals surface area contributed by atoms with Gasteiger partial charge in [0.2, 0.25) is 0 Å². The highest BCUT2D eigenvalue weighted by Gasteiger charge is 1.95. The van der Waals surface area contributed by atoms with Crippen molar-refractivity contribution >= 4 is 9.76 Å². The molecule has 2 radical (unpaired) electrons. The van der Waals surface area contributed by atoms with E-state index < -0.39 is 0 Å². The maximum absolute atomic E-state index is 5.41. The first-order chi connectivity index (χ1) is 4.66. The maximum atomic E-state index is 5.41. The SMILES string of the molecule is C/C=C(\C)[Si]OCC(C)C. The van der Waals surface area contributed by atoms with Gasteiger partial charge < -0.3 is 4.43 Å². The fraction of sp³-hybridized carbons (Fsp3) is 0.750. The summed E-state index contributed by atoms with van der Waals surface area (Å²) >= 11 is 0. The summed E-state index contributed by atoms with van der Waals surface area (Å²) in [5.74, 6) is 0.650. The van der Waals surface area contributed by atoms with Gasteiger partial charge in [-0.1, -0.05) is 25.1 Å². The minimum absolute atomic E-state index is 0.560. The molecule has 10 heavy (non-hydrogen) atoms. The van der Waals surface area contributed by atoms with Crippen LogP contribution in [0.2, 0.25) is 0 Å². The lowest BCUT2D eigenvalue weighted by Crippen LogP contribution is -2.06. The van der Waals surface area contributed by atoms with Gasteiger partial charge in [-0.2, -0.15) is 0 Å². The zero-order valence-electron chi connectivity index (χ0n) is 7.27. The molecule has 58 valence electrons. The van der Waals surface area contributed by atoms with Crippen LogP contribution in [-0.4, -0.2) is 16.4 Å². The van der Waals surface area contributed by atoms with E-state index >= 15 is 0 Å². The van der Waals surface area contributed by atoms with E-state index in [1.165, 1.54) is 5.20 Å². The Balaban J connectivity index is 3.20. The summed E-state index contributed by atoms with van der Waals surface area (Å²) in [5, 5.41) is 1.33. The van der Waals surface area contributed by atoms with E-state index in [2.05, 4.69) is 26.8 Å². The molecule has 0 spiro atoms. The van der Waals surface area contributed by atoms with Crippen LogP contribution in [0.1, 0.15) is 27.7 Å². The van der Waals surface area contributed by atoms with E-state index in [1.807, 2.05) is 6.92 Å². The molecule has 0 saturated carbocycles. The van der Waals surface area contributed by atoms with E-state index in [0.717, 1.165) is 6.61 Å². The van der Waals surface area contributed by atoms with E-state index in [-0.39, 0.29) is 0 Å². The van der Waals surface area contributed by atoms with Crippen LogP contribution in [-0.2, 0) is 4.43 Å². The molecule has 0 heterocycles. The second-order valence-electron chi connectivity index (χ2n) is 2.78. The minimum atomic E-state index is 0.560. The number of allylic oxidation sites excluding steroid dienone is 2. The Morgan fingerprint density at radius 3 is 2.60 bits per heavy atom. The van der Waals surface area contributed by atoms with Crippen molar-refractivity contribution in [2.45, 2.75) is 27.7 Å². The lowest BCUT2D eigenvalue weighted by Gasteiger charge is -2.04. The highest BCUT2D eigenvalue weighted by atomic mass is 28.2. The normalized spacial score (nSPS) is 12.7. The van der Waals surface area contributed by atoms with E-state index in [4.69, 9.17) is 4.43 Å². The van der Waals surface area contributed by atoms with Gasteiger partial charge in [-0.25, -0.2) is 0 Å². The van der Waals surface area contributed by atoms with Gasteiger partial charge in [0.1, 0.15) is 0 Å². The smallest absolute Gasteiger partial charge is 0.263 e. The molecule has 0 aliphatic rings. The van der Waals surface area contributed by atoms with E-state index in [1.54, 1.807) is 0 Å². The van der Waals surface area contributed by atoms with Crippen LogP contribution in [0.3, 0.4) is 0 Å². The van der Waals surface area contributed by atoms with Gasteiger partial charge in [0.25, 0.3) is 9.76 Å². The Hall–Kier alpha value is -0.0831. The number of hydrogen-bond acceptors (Lipinski definition) is 1. The van der Waals surface area contributed by atoms with Gasteiger partial charge in [0.15, 0.2) is 0 Å². The number of rotatable bonds is 4. The average molecular weight is 156 g/mol. The van der Waals surface area contributed by atoms with E-state index in [9.17, 15) is 0 Å². The second kappa shape index (κ2) is 5.68. The Morgan fingerprint density at radius 2 is 2.20 bits per heavy atom. The average Bonchev–Trinajstić information content (AvgIpc) is 1.87. The van der Waals surface area contributed by atoms with Crippen LogP contribution >= 0.6 is 0 Å². The number of hydrogen-bond donors (Lipinski definition) is 0. The molecule has 0 aromatic heterocycles. The molecule has 0 atom stereocenters. The molecule has 0 fully saturated rings. The molecule has 0 aliphatic heterocycles. The minimum Gasteiger partial charge on any atom is -0.412 e. The monoisotopic (exact) mass is 156 g/mol. The largest absolute Gasteiger partial charge is 0.412 e. The third-order valence-corrected chi connectivity index (χ3v) is 2.00. The highest BCUT2D eigenvalue weighted by Crippen LogP contribution is 1.94. The van der Waals surface area contributed by atoms with Crippen LogP contribution in [0, 0.1) is 5.92 Å². The summed E-state index contributed by atoms with van der Waals surface area (Å²) in [5.41, 5.74) is 0. The molecule has 2 heteroatoms. The standard InChI is InChI=1S/C8H16OSi/c1-5-8(4)10-9-6-7(2)3/h5,7H,6H2,1-4H3/b8-5+. The third-order valence-electron chi connectivity index (χ3n) is 1.08. The van der Waals surface area contributed by atoms with Gasteiger partial charge in [-0.3, -0.25) is 0 Å². The fourth-order valence-corrected chi connectivity index (χ4v) is 1.14. The fourth-order valence-electron chi connectivity index (χ4n) is 0.381. The molecule has 0 amide bonds. The van der Waals surface area contributed by atoms with E-state index in [0.29, 0.717) is 15.7 Å². The maximum Gasteiger partial charge on any atom is 0.263 e. The molecule has 0 aliphatic carbocycles. The Morgan fingerprint density at radius 1 is 1.60 bits per heavy atom. The van der Waals surface area contributed by atoms with Crippen molar-refractivity contribution in [1.82, 2.24) is 0 Å². The van der Waals surface area contributed by atoms with Crippen molar-refractivity contribution < 1.29 is 4.43 Å². The van der Waals surface area contributed by atoms with Crippen molar-refractivity contribution in [3.8, 4) is 0 Å². The van der Waals surface area contributed by atoms with Crippen LogP contribution < -0.4 is 0 Å².